The highest BCUT2D eigenvalue weighted by Crippen LogP contribution is 2.31. The number of hydrogen-bond donors (Lipinski definition) is 0. The second-order valence-corrected chi connectivity index (χ2v) is 7.21. The number of thioether (sulfide) groups is 1. The average molecular weight is 370 g/mol. The Bertz CT molecular complexity index is 790. The molecular weight excluding hydrogens is 353 g/mol. The summed E-state index contributed by atoms with van der Waals surface area (Å²) in [6.07, 6.45) is -3.79. The molecule has 2 aromatic rings. The lowest BCUT2D eigenvalue weighted by Gasteiger charge is -2.30. The van der Waals surface area contributed by atoms with Crippen molar-refractivity contribution in [2.24, 2.45) is 7.05 Å². The molecule has 0 spiro atoms. The fourth-order valence-corrected chi connectivity index (χ4v) is 3.71. The van der Waals surface area contributed by atoms with Crippen molar-refractivity contribution in [3.63, 3.8) is 0 Å². The van der Waals surface area contributed by atoms with Crippen molar-refractivity contribution in [3.8, 4) is 0 Å². The van der Waals surface area contributed by atoms with Crippen LogP contribution in [0.2, 0.25) is 0 Å². The summed E-state index contributed by atoms with van der Waals surface area (Å²) in [6, 6.07) is 7.95. The van der Waals surface area contributed by atoms with E-state index in [1.54, 1.807) is 11.8 Å². The van der Waals surface area contributed by atoms with Gasteiger partial charge in [-0.1, -0.05) is 36.0 Å². The van der Waals surface area contributed by atoms with Crippen molar-refractivity contribution in [1.82, 2.24) is 19.7 Å². The Morgan fingerprint density at radius 2 is 1.92 bits per heavy atom. The van der Waals surface area contributed by atoms with E-state index in [2.05, 4.69) is 10.2 Å². The largest absolute Gasteiger partial charge is 0.451 e. The van der Waals surface area contributed by atoms with Gasteiger partial charge in [0.1, 0.15) is 0 Å². The molecule has 0 bridgehead atoms. The zero-order chi connectivity index (χ0) is 18.2. The van der Waals surface area contributed by atoms with Gasteiger partial charge in [-0.2, -0.15) is 13.2 Å². The van der Waals surface area contributed by atoms with E-state index in [1.165, 1.54) is 12.6 Å². The van der Waals surface area contributed by atoms with Gasteiger partial charge in [-0.05, 0) is 24.5 Å². The number of halogens is 3. The maximum atomic E-state index is 12.8. The zero-order valence-corrected chi connectivity index (χ0v) is 14.6. The predicted octanol–water partition coefficient (Wildman–Crippen LogP) is 2.90. The molecule has 134 valence electrons. The van der Waals surface area contributed by atoms with E-state index in [1.807, 2.05) is 24.3 Å². The third-order valence-electron chi connectivity index (χ3n) is 4.16. The number of benzene rings is 1. The lowest BCUT2D eigenvalue weighted by Crippen LogP contribution is -2.40. The number of fused-ring (bicyclic) bond motifs is 1. The summed E-state index contributed by atoms with van der Waals surface area (Å²) < 4.78 is 39.2. The predicted molar refractivity (Wildman–Crippen MR) is 86.9 cm³/mol. The molecule has 1 amide bonds. The second kappa shape index (κ2) is 6.70. The highest BCUT2D eigenvalue weighted by atomic mass is 32.2. The lowest BCUT2D eigenvalue weighted by molar-refractivity contribution is -0.147. The Kier molecular flexibility index (Phi) is 4.77. The quantitative estimate of drug-likeness (QED) is 0.780. The monoisotopic (exact) mass is 370 g/mol. The number of nitrogens with zero attached hydrogens (tertiary/aromatic N) is 4. The molecule has 3 rings (SSSR count). The summed E-state index contributed by atoms with van der Waals surface area (Å²) in [5.41, 5.74) is 2.34. The first kappa shape index (κ1) is 17.8. The van der Waals surface area contributed by atoms with Crippen LogP contribution >= 0.6 is 11.8 Å². The van der Waals surface area contributed by atoms with E-state index in [4.69, 9.17) is 0 Å². The van der Waals surface area contributed by atoms with Gasteiger partial charge in [0.05, 0.1) is 5.25 Å². The van der Waals surface area contributed by atoms with E-state index < -0.39 is 17.3 Å². The SMILES string of the molecule is C[C@@H](Sc1nnc(C(F)(F)F)n1C)C(=O)N1CCc2ccccc2C1. The topological polar surface area (TPSA) is 51.0 Å². The average Bonchev–Trinajstić information content (AvgIpc) is 2.94. The van der Waals surface area contributed by atoms with Gasteiger partial charge in [0, 0.05) is 20.1 Å². The molecule has 0 saturated heterocycles. The molecule has 0 unspecified atom stereocenters. The number of amides is 1. The molecule has 2 heterocycles. The third-order valence-corrected chi connectivity index (χ3v) is 5.28. The minimum Gasteiger partial charge on any atom is -0.337 e. The van der Waals surface area contributed by atoms with E-state index >= 15 is 0 Å². The van der Waals surface area contributed by atoms with Crippen LogP contribution in [-0.2, 0) is 31.0 Å². The molecule has 0 radical (unpaired) electrons. The molecule has 1 aromatic heterocycles. The summed E-state index contributed by atoms with van der Waals surface area (Å²) in [5.74, 6) is -1.18. The van der Waals surface area contributed by atoms with Crippen molar-refractivity contribution in [3.05, 3.63) is 41.2 Å². The molecule has 1 aromatic carbocycles. The number of rotatable bonds is 3. The van der Waals surface area contributed by atoms with Gasteiger partial charge in [-0.15, -0.1) is 10.2 Å². The van der Waals surface area contributed by atoms with Gasteiger partial charge in [0.2, 0.25) is 11.7 Å². The van der Waals surface area contributed by atoms with E-state index in [0.29, 0.717) is 13.1 Å². The smallest absolute Gasteiger partial charge is 0.337 e. The molecular formula is C16H17F3N4OS. The molecule has 0 N–H and O–H groups in total. The number of hydrogen-bond acceptors (Lipinski definition) is 4. The minimum atomic E-state index is -4.57. The molecule has 1 atom stereocenters. The van der Waals surface area contributed by atoms with Gasteiger partial charge in [0.25, 0.3) is 0 Å². The van der Waals surface area contributed by atoms with Crippen LogP contribution in [0.25, 0.3) is 0 Å². The summed E-state index contributed by atoms with van der Waals surface area (Å²) in [4.78, 5) is 14.4. The van der Waals surface area contributed by atoms with Crippen LogP contribution in [0.1, 0.15) is 23.9 Å². The summed E-state index contributed by atoms with van der Waals surface area (Å²) >= 11 is 0.988. The maximum absolute atomic E-state index is 12.8. The van der Waals surface area contributed by atoms with Gasteiger partial charge in [-0.25, -0.2) is 0 Å². The Balaban J connectivity index is 1.69. The Hall–Kier alpha value is -2.03. The number of carbonyl (C=O) groups is 1. The maximum Gasteiger partial charge on any atom is 0.451 e. The van der Waals surface area contributed by atoms with E-state index in [-0.39, 0.29) is 11.1 Å². The highest BCUT2D eigenvalue weighted by molar-refractivity contribution is 8.00. The number of carbonyl (C=O) groups excluding carboxylic acids is 1. The lowest BCUT2D eigenvalue weighted by atomic mass is 10.00. The van der Waals surface area contributed by atoms with Crippen molar-refractivity contribution < 1.29 is 18.0 Å². The third kappa shape index (κ3) is 3.65. The van der Waals surface area contributed by atoms with Gasteiger partial charge < -0.3 is 9.47 Å². The summed E-state index contributed by atoms with van der Waals surface area (Å²) in [7, 11) is 1.25. The van der Waals surface area contributed by atoms with Crippen molar-refractivity contribution in [2.75, 3.05) is 6.54 Å². The second-order valence-electron chi connectivity index (χ2n) is 5.90. The number of aromatic nitrogens is 3. The molecule has 0 aliphatic carbocycles. The van der Waals surface area contributed by atoms with Crippen LogP contribution in [0.5, 0.6) is 0 Å². The first-order valence-electron chi connectivity index (χ1n) is 7.76. The van der Waals surface area contributed by atoms with Gasteiger partial charge >= 0.3 is 6.18 Å². The van der Waals surface area contributed by atoms with Crippen LogP contribution in [0.15, 0.2) is 29.4 Å². The Morgan fingerprint density at radius 3 is 2.56 bits per heavy atom. The Morgan fingerprint density at radius 1 is 1.24 bits per heavy atom. The van der Waals surface area contributed by atoms with Crippen LogP contribution in [-0.4, -0.2) is 37.4 Å². The van der Waals surface area contributed by atoms with E-state index in [9.17, 15) is 18.0 Å². The van der Waals surface area contributed by atoms with Crippen LogP contribution in [0.3, 0.4) is 0 Å². The zero-order valence-electron chi connectivity index (χ0n) is 13.7. The number of alkyl halides is 3. The minimum absolute atomic E-state index is 0.0746. The van der Waals surface area contributed by atoms with Crippen LogP contribution in [0.4, 0.5) is 13.2 Å². The van der Waals surface area contributed by atoms with Crippen LogP contribution in [0, 0.1) is 0 Å². The van der Waals surface area contributed by atoms with Crippen molar-refractivity contribution >= 4 is 17.7 Å². The molecule has 25 heavy (non-hydrogen) atoms. The molecule has 1 aliphatic rings. The summed E-state index contributed by atoms with van der Waals surface area (Å²) in [6.45, 7) is 2.80. The highest BCUT2D eigenvalue weighted by Gasteiger charge is 2.38. The van der Waals surface area contributed by atoms with Gasteiger partial charge in [-0.3, -0.25) is 4.79 Å². The van der Waals surface area contributed by atoms with Crippen LogP contribution < -0.4 is 0 Å². The first-order chi connectivity index (χ1) is 11.8. The molecule has 0 saturated carbocycles. The molecule has 5 nitrogen and oxygen atoms in total. The van der Waals surface area contributed by atoms with Gasteiger partial charge in [0.15, 0.2) is 5.16 Å². The van der Waals surface area contributed by atoms with Crippen molar-refractivity contribution in [1.29, 1.82) is 0 Å². The molecule has 1 aliphatic heterocycles. The first-order valence-corrected chi connectivity index (χ1v) is 8.64. The molecule has 9 heteroatoms. The van der Waals surface area contributed by atoms with Crippen molar-refractivity contribution in [2.45, 2.75) is 36.5 Å². The fraction of sp³-hybridized carbons (Fsp3) is 0.438. The standard InChI is InChI=1S/C16H17F3N4OS/c1-10(25-15-21-20-14(22(15)2)16(17,18)19)13(24)23-8-7-11-5-3-4-6-12(11)9-23/h3-6,10H,7-9H2,1-2H3/t10-/m1/s1. The fourth-order valence-electron chi connectivity index (χ4n) is 2.81. The van der Waals surface area contributed by atoms with E-state index in [0.717, 1.165) is 28.3 Å². The Labute approximate surface area is 147 Å². The molecule has 0 fully saturated rings. The summed E-state index contributed by atoms with van der Waals surface area (Å²) in [5, 5.41) is 6.28. The normalized spacial score (nSPS) is 15.8.